The summed E-state index contributed by atoms with van der Waals surface area (Å²) in [5, 5.41) is 14.8. The lowest BCUT2D eigenvalue weighted by molar-refractivity contribution is 0.102. The van der Waals surface area contributed by atoms with Crippen LogP contribution in [0.1, 0.15) is 10.5 Å². The van der Waals surface area contributed by atoms with Crippen LogP contribution in [0.4, 0.5) is 10.2 Å². The van der Waals surface area contributed by atoms with Crippen LogP contribution < -0.4 is 5.32 Å². The fourth-order valence-corrected chi connectivity index (χ4v) is 3.04. The van der Waals surface area contributed by atoms with Gasteiger partial charge < -0.3 is 5.32 Å². The van der Waals surface area contributed by atoms with Gasteiger partial charge in [0.2, 0.25) is 0 Å². The predicted octanol–water partition coefficient (Wildman–Crippen LogP) is 4.01. The number of amides is 1. The molecule has 8 heteroatoms. The van der Waals surface area contributed by atoms with Gasteiger partial charge in [-0.25, -0.2) is 4.39 Å². The van der Waals surface area contributed by atoms with Crippen LogP contribution in [0, 0.1) is 5.82 Å². The third-order valence-electron chi connectivity index (χ3n) is 4.01. The van der Waals surface area contributed by atoms with E-state index in [-0.39, 0.29) is 22.0 Å². The maximum Gasteiger partial charge on any atom is 0.274 e. The number of rotatable bonds is 3. The van der Waals surface area contributed by atoms with Crippen LogP contribution in [0.25, 0.3) is 22.2 Å². The van der Waals surface area contributed by atoms with Crippen LogP contribution in [0.3, 0.4) is 0 Å². The van der Waals surface area contributed by atoms with Gasteiger partial charge >= 0.3 is 0 Å². The quantitative estimate of drug-likeness (QED) is 0.573. The molecular formula is C18H13ClFN5O. The van der Waals surface area contributed by atoms with Crippen LogP contribution in [-0.2, 0) is 7.05 Å². The van der Waals surface area contributed by atoms with E-state index >= 15 is 0 Å². The van der Waals surface area contributed by atoms with E-state index in [0.29, 0.717) is 5.82 Å². The number of benzene rings is 2. The molecule has 0 bridgehead atoms. The minimum atomic E-state index is -0.506. The van der Waals surface area contributed by atoms with Gasteiger partial charge in [0.05, 0.1) is 21.8 Å². The SMILES string of the molecule is Cn1nc2ccccc2c1NC(=O)c1cc(-c2c(F)cccc2Cl)n[nH]1. The van der Waals surface area contributed by atoms with Crippen molar-refractivity contribution in [1.29, 1.82) is 0 Å². The first-order chi connectivity index (χ1) is 12.5. The molecule has 4 aromatic rings. The molecular weight excluding hydrogens is 357 g/mol. The van der Waals surface area contributed by atoms with Gasteiger partial charge in [-0.1, -0.05) is 29.8 Å². The van der Waals surface area contributed by atoms with E-state index in [0.717, 1.165) is 10.9 Å². The number of fused-ring (bicyclic) bond motifs is 1. The molecule has 6 nitrogen and oxygen atoms in total. The average Bonchev–Trinajstić information content (AvgIpc) is 3.20. The highest BCUT2D eigenvalue weighted by atomic mass is 35.5. The number of hydrogen-bond acceptors (Lipinski definition) is 3. The summed E-state index contributed by atoms with van der Waals surface area (Å²) in [6, 6.07) is 13.3. The third kappa shape index (κ3) is 2.72. The number of nitrogens with one attached hydrogen (secondary N) is 2. The van der Waals surface area contributed by atoms with Gasteiger partial charge in [0.1, 0.15) is 17.3 Å². The van der Waals surface area contributed by atoms with E-state index < -0.39 is 11.7 Å². The van der Waals surface area contributed by atoms with Gasteiger partial charge in [0.25, 0.3) is 5.91 Å². The standard InChI is InChI=1S/C18H13ClFN5O/c1-25-17(10-5-2-3-8-13(10)24-25)21-18(26)15-9-14(22-23-15)16-11(19)6-4-7-12(16)20/h2-9H,1H3,(H,21,26)(H,22,23). The lowest BCUT2D eigenvalue weighted by Gasteiger charge is -2.04. The van der Waals surface area contributed by atoms with Crippen molar-refractivity contribution in [3.05, 3.63) is 65.1 Å². The smallest absolute Gasteiger partial charge is 0.274 e. The van der Waals surface area contributed by atoms with E-state index in [1.807, 2.05) is 24.3 Å². The summed E-state index contributed by atoms with van der Waals surface area (Å²) in [6.07, 6.45) is 0. The second kappa shape index (κ2) is 6.27. The molecule has 2 N–H and O–H groups in total. The van der Waals surface area contributed by atoms with Crippen molar-refractivity contribution in [3.63, 3.8) is 0 Å². The van der Waals surface area contributed by atoms with E-state index in [9.17, 15) is 9.18 Å². The largest absolute Gasteiger partial charge is 0.305 e. The Balaban J connectivity index is 1.66. The van der Waals surface area contributed by atoms with Crippen LogP contribution >= 0.6 is 11.6 Å². The summed E-state index contributed by atoms with van der Waals surface area (Å²) < 4.78 is 15.6. The van der Waals surface area contributed by atoms with Crippen molar-refractivity contribution >= 4 is 34.2 Å². The van der Waals surface area contributed by atoms with E-state index in [1.54, 1.807) is 17.8 Å². The maximum atomic E-state index is 14.0. The Labute approximate surface area is 152 Å². The lowest BCUT2D eigenvalue weighted by Crippen LogP contribution is -2.15. The molecule has 2 aromatic heterocycles. The first-order valence-corrected chi connectivity index (χ1v) is 8.15. The fourth-order valence-electron chi connectivity index (χ4n) is 2.78. The van der Waals surface area contributed by atoms with Crippen LogP contribution in [0.2, 0.25) is 5.02 Å². The van der Waals surface area contributed by atoms with Gasteiger partial charge in [-0.2, -0.15) is 10.2 Å². The lowest BCUT2D eigenvalue weighted by atomic mass is 10.1. The zero-order valence-corrected chi connectivity index (χ0v) is 14.4. The molecule has 0 unspecified atom stereocenters. The molecule has 0 radical (unpaired) electrons. The number of H-pyrrole nitrogens is 1. The van der Waals surface area contributed by atoms with E-state index in [1.165, 1.54) is 18.2 Å². The minimum absolute atomic E-state index is 0.149. The molecule has 1 amide bonds. The molecule has 130 valence electrons. The fraction of sp³-hybridized carbons (Fsp3) is 0.0556. The van der Waals surface area contributed by atoms with Crippen molar-refractivity contribution in [1.82, 2.24) is 20.0 Å². The number of halogens is 2. The highest BCUT2D eigenvalue weighted by Crippen LogP contribution is 2.29. The number of aromatic amines is 1. The summed E-state index contributed by atoms with van der Waals surface area (Å²) in [6.45, 7) is 0. The minimum Gasteiger partial charge on any atom is -0.305 e. The molecule has 0 spiro atoms. The van der Waals surface area contributed by atoms with E-state index in [4.69, 9.17) is 11.6 Å². The van der Waals surface area contributed by atoms with Gasteiger partial charge in [0.15, 0.2) is 0 Å². The Morgan fingerprint density at radius 2 is 2.04 bits per heavy atom. The normalized spacial score (nSPS) is 11.0. The highest BCUT2D eigenvalue weighted by Gasteiger charge is 2.18. The second-order valence-electron chi connectivity index (χ2n) is 5.71. The predicted molar refractivity (Wildman–Crippen MR) is 97.7 cm³/mol. The number of anilines is 1. The number of carbonyl (C=O) groups excluding carboxylic acids is 1. The van der Waals surface area contributed by atoms with Gasteiger partial charge in [-0.05, 0) is 30.3 Å². The van der Waals surface area contributed by atoms with Crippen LogP contribution in [0.15, 0.2) is 48.5 Å². The molecule has 2 aromatic carbocycles. The number of aromatic nitrogens is 4. The van der Waals surface area contributed by atoms with Gasteiger partial charge in [0, 0.05) is 12.4 Å². The Kier molecular flexibility index (Phi) is 3.93. The van der Waals surface area contributed by atoms with Crippen molar-refractivity contribution < 1.29 is 9.18 Å². The first kappa shape index (κ1) is 16.3. The summed E-state index contributed by atoms with van der Waals surface area (Å²) in [7, 11) is 1.74. The first-order valence-electron chi connectivity index (χ1n) is 7.77. The molecule has 2 heterocycles. The van der Waals surface area contributed by atoms with E-state index in [2.05, 4.69) is 20.6 Å². The Bertz CT molecular complexity index is 1110. The topological polar surface area (TPSA) is 75.6 Å². The molecule has 0 atom stereocenters. The number of carbonyl (C=O) groups is 1. The molecule has 0 saturated heterocycles. The maximum absolute atomic E-state index is 14.0. The highest BCUT2D eigenvalue weighted by molar-refractivity contribution is 6.33. The molecule has 0 aliphatic rings. The van der Waals surface area contributed by atoms with Crippen LogP contribution in [0.5, 0.6) is 0 Å². The molecule has 0 aliphatic carbocycles. The van der Waals surface area contributed by atoms with Crippen molar-refractivity contribution in [3.8, 4) is 11.3 Å². The van der Waals surface area contributed by atoms with Gasteiger partial charge in [-0.15, -0.1) is 0 Å². The molecule has 0 aliphatic heterocycles. The summed E-state index contributed by atoms with van der Waals surface area (Å²) in [4.78, 5) is 12.6. The van der Waals surface area contributed by atoms with Crippen molar-refractivity contribution in [2.24, 2.45) is 7.05 Å². The Morgan fingerprint density at radius 1 is 1.23 bits per heavy atom. The summed E-state index contributed by atoms with van der Waals surface area (Å²) >= 11 is 6.05. The van der Waals surface area contributed by atoms with Crippen LogP contribution in [-0.4, -0.2) is 25.9 Å². The monoisotopic (exact) mass is 369 g/mol. The molecule has 4 rings (SSSR count). The van der Waals surface area contributed by atoms with Crippen molar-refractivity contribution in [2.75, 3.05) is 5.32 Å². The molecule has 0 fully saturated rings. The zero-order valence-electron chi connectivity index (χ0n) is 13.6. The number of aryl methyl sites for hydroxylation is 1. The zero-order chi connectivity index (χ0) is 18.3. The van der Waals surface area contributed by atoms with Crippen molar-refractivity contribution in [2.45, 2.75) is 0 Å². The second-order valence-corrected chi connectivity index (χ2v) is 6.11. The summed E-state index contributed by atoms with van der Waals surface area (Å²) in [5.41, 5.74) is 1.36. The molecule has 0 saturated carbocycles. The summed E-state index contributed by atoms with van der Waals surface area (Å²) in [5.74, 6) is -0.357. The Morgan fingerprint density at radius 3 is 2.85 bits per heavy atom. The third-order valence-corrected chi connectivity index (χ3v) is 4.33. The average molecular weight is 370 g/mol. The van der Waals surface area contributed by atoms with Gasteiger partial charge in [-0.3, -0.25) is 14.6 Å². The molecule has 26 heavy (non-hydrogen) atoms. The number of hydrogen-bond donors (Lipinski definition) is 2. The Hall–Kier alpha value is -3.19. The number of nitrogens with zero attached hydrogens (tertiary/aromatic N) is 3.